The molecule has 1 aromatic carbocycles. The molecule has 0 unspecified atom stereocenters. The molecule has 0 aromatic heterocycles. The van der Waals surface area contributed by atoms with Crippen LogP contribution in [0, 0.1) is 18.3 Å². The van der Waals surface area contributed by atoms with Gasteiger partial charge in [0.2, 0.25) is 0 Å². The van der Waals surface area contributed by atoms with E-state index >= 15 is 0 Å². The lowest BCUT2D eigenvalue weighted by Crippen LogP contribution is -2.45. The summed E-state index contributed by atoms with van der Waals surface area (Å²) in [7, 11) is 2.14. The largest absolute Gasteiger partial charge is 0.378 e. The van der Waals surface area contributed by atoms with E-state index in [1.54, 1.807) is 11.0 Å². The number of fused-ring (bicyclic) bond motifs is 1. The molecule has 2 heterocycles. The second kappa shape index (κ2) is 7.36. The Labute approximate surface area is 162 Å². The molecule has 5 nitrogen and oxygen atoms in total. The smallest absolute Gasteiger partial charge is 0.264 e. The first kappa shape index (κ1) is 19.4. The van der Waals surface area contributed by atoms with Gasteiger partial charge in [0.25, 0.3) is 5.91 Å². The normalized spacial score (nSPS) is 22.2. The minimum absolute atomic E-state index is 0.111. The molecule has 2 aliphatic rings. The van der Waals surface area contributed by atoms with Gasteiger partial charge in [-0.05, 0) is 68.0 Å². The minimum atomic E-state index is -0.204. The molecule has 0 spiro atoms. The van der Waals surface area contributed by atoms with E-state index in [0.29, 0.717) is 32.2 Å². The lowest BCUT2D eigenvalue weighted by atomic mass is 9.79. The van der Waals surface area contributed by atoms with Gasteiger partial charge in [-0.2, -0.15) is 5.26 Å². The topological polar surface area (TPSA) is 56.6 Å². The molecule has 2 aliphatic heterocycles. The standard InChI is InChI=1S/C22H29N3O2/c1-15-10-20-19(16(2)13-22(3,4)24(20)5)12-17(15)11-18(14-23)21(26)25-6-8-27-9-7-25/h10-12,16H,6-9,13H2,1-5H3/b18-11-/t16-/m1/s1. The summed E-state index contributed by atoms with van der Waals surface area (Å²) in [5.74, 6) is 0.226. The molecule has 0 radical (unpaired) electrons. The third-order valence-corrected chi connectivity index (χ3v) is 5.97. The van der Waals surface area contributed by atoms with Crippen molar-refractivity contribution in [3.63, 3.8) is 0 Å². The summed E-state index contributed by atoms with van der Waals surface area (Å²) in [5, 5.41) is 9.58. The average molecular weight is 367 g/mol. The molecule has 1 atom stereocenters. The predicted molar refractivity (Wildman–Crippen MR) is 108 cm³/mol. The number of carbonyl (C=O) groups is 1. The van der Waals surface area contributed by atoms with Crippen LogP contribution >= 0.6 is 0 Å². The molecule has 0 saturated carbocycles. The van der Waals surface area contributed by atoms with E-state index < -0.39 is 0 Å². The van der Waals surface area contributed by atoms with E-state index in [0.717, 1.165) is 17.5 Å². The molecular weight excluding hydrogens is 338 g/mol. The summed E-state index contributed by atoms with van der Waals surface area (Å²) in [6.07, 6.45) is 2.82. The van der Waals surface area contributed by atoms with E-state index in [1.165, 1.54) is 11.3 Å². The van der Waals surface area contributed by atoms with Gasteiger partial charge in [-0.3, -0.25) is 4.79 Å². The highest BCUT2D eigenvalue weighted by Gasteiger charge is 2.34. The second-order valence-corrected chi connectivity index (χ2v) is 8.32. The Kier molecular flexibility index (Phi) is 5.30. The van der Waals surface area contributed by atoms with Crippen molar-refractivity contribution < 1.29 is 9.53 Å². The van der Waals surface area contributed by atoms with Crippen LogP contribution in [0.25, 0.3) is 6.08 Å². The third kappa shape index (κ3) is 3.72. The van der Waals surface area contributed by atoms with Crippen molar-refractivity contribution >= 4 is 17.7 Å². The number of nitrogens with zero attached hydrogens (tertiary/aromatic N) is 3. The first-order valence-electron chi connectivity index (χ1n) is 9.62. The highest BCUT2D eigenvalue weighted by Crippen LogP contribution is 2.43. The lowest BCUT2D eigenvalue weighted by molar-refractivity contribution is -0.130. The van der Waals surface area contributed by atoms with Crippen LogP contribution in [0.15, 0.2) is 17.7 Å². The fraction of sp³-hybridized carbons (Fsp3) is 0.545. The van der Waals surface area contributed by atoms with Crippen LogP contribution in [0.1, 0.15) is 49.8 Å². The fourth-order valence-corrected chi connectivity index (χ4v) is 4.12. The first-order valence-corrected chi connectivity index (χ1v) is 9.62. The Bertz CT molecular complexity index is 814. The van der Waals surface area contributed by atoms with Gasteiger partial charge in [-0.15, -0.1) is 0 Å². The Morgan fingerprint density at radius 2 is 2.00 bits per heavy atom. The van der Waals surface area contributed by atoms with Crippen LogP contribution in [-0.4, -0.2) is 49.7 Å². The molecular formula is C22H29N3O2. The molecule has 0 aliphatic carbocycles. The van der Waals surface area contributed by atoms with Gasteiger partial charge < -0.3 is 14.5 Å². The monoisotopic (exact) mass is 367 g/mol. The number of ether oxygens (including phenoxy) is 1. The summed E-state index contributed by atoms with van der Waals surface area (Å²) < 4.78 is 5.30. The van der Waals surface area contributed by atoms with Crippen LogP contribution in [0.4, 0.5) is 5.69 Å². The highest BCUT2D eigenvalue weighted by molar-refractivity contribution is 6.02. The maximum Gasteiger partial charge on any atom is 0.264 e. The van der Waals surface area contributed by atoms with Gasteiger partial charge in [0.05, 0.1) is 13.2 Å². The van der Waals surface area contributed by atoms with E-state index in [1.807, 2.05) is 6.92 Å². The third-order valence-electron chi connectivity index (χ3n) is 5.97. The predicted octanol–water partition coefficient (Wildman–Crippen LogP) is 3.48. The minimum Gasteiger partial charge on any atom is -0.378 e. The summed E-state index contributed by atoms with van der Waals surface area (Å²) in [6, 6.07) is 6.45. The van der Waals surface area contributed by atoms with Crippen LogP contribution < -0.4 is 4.90 Å². The number of carbonyl (C=O) groups excluding carboxylic acids is 1. The summed E-state index contributed by atoms with van der Waals surface area (Å²) in [5.41, 5.74) is 4.86. The van der Waals surface area contributed by atoms with E-state index in [4.69, 9.17) is 4.74 Å². The highest BCUT2D eigenvalue weighted by atomic mass is 16.5. The molecule has 1 amide bonds. The number of hydrogen-bond donors (Lipinski definition) is 0. The zero-order valence-corrected chi connectivity index (χ0v) is 17.0. The first-order chi connectivity index (χ1) is 12.7. The number of aryl methyl sites for hydroxylation is 1. The number of hydrogen-bond acceptors (Lipinski definition) is 4. The molecule has 144 valence electrons. The van der Waals surface area contributed by atoms with Gasteiger partial charge >= 0.3 is 0 Å². The van der Waals surface area contributed by atoms with Crippen molar-refractivity contribution in [2.45, 2.75) is 45.6 Å². The van der Waals surface area contributed by atoms with E-state index in [-0.39, 0.29) is 17.0 Å². The Balaban J connectivity index is 1.97. The van der Waals surface area contributed by atoms with Crippen molar-refractivity contribution in [2.24, 2.45) is 0 Å². The maximum atomic E-state index is 12.7. The number of amides is 1. The molecule has 0 N–H and O–H groups in total. The summed E-state index contributed by atoms with van der Waals surface area (Å²) in [4.78, 5) is 16.7. The molecule has 3 rings (SSSR count). The van der Waals surface area contributed by atoms with Crippen LogP contribution in [0.2, 0.25) is 0 Å². The van der Waals surface area contributed by atoms with E-state index in [9.17, 15) is 10.1 Å². The zero-order chi connectivity index (χ0) is 19.8. The number of rotatable bonds is 2. The van der Waals surface area contributed by atoms with Gasteiger partial charge in [-0.25, -0.2) is 0 Å². The van der Waals surface area contributed by atoms with Gasteiger partial charge in [0, 0.05) is 31.4 Å². The number of anilines is 1. The van der Waals surface area contributed by atoms with Crippen molar-refractivity contribution in [3.05, 3.63) is 34.4 Å². The van der Waals surface area contributed by atoms with Crippen molar-refractivity contribution in [3.8, 4) is 6.07 Å². The fourth-order valence-electron chi connectivity index (χ4n) is 4.12. The molecule has 0 bridgehead atoms. The lowest BCUT2D eigenvalue weighted by Gasteiger charge is -2.45. The van der Waals surface area contributed by atoms with Crippen molar-refractivity contribution in [1.29, 1.82) is 5.26 Å². The molecule has 27 heavy (non-hydrogen) atoms. The number of nitriles is 1. The zero-order valence-electron chi connectivity index (χ0n) is 17.0. The van der Waals surface area contributed by atoms with Crippen LogP contribution in [0.5, 0.6) is 0 Å². The molecule has 1 saturated heterocycles. The van der Waals surface area contributed by atoms with Crippen molar-refractivity contribution in [1.82, 2.24) is 4.90 Å². The number of morpholine rings is 1. The molecule has 1 aromatic rings. The summed E-state index contributed by atoms with van der Waals surface area (Å²) >= 11 is 0. The van der Waals surface area contributed by atoms with Crippen LogP contribution in [0.3, 0.4) is 0 Å². The second-order valence-electron chi connectivity index (χ2n) is 8.32. The average Bonchev–Trinajstić information content (AvgIpc) is 2.65. The van der Waals surface area contributed by atoms with Crippen LogP contribution in [-0.2, 0) is 9.53 Å². The number of benzene rings is 1. The summed E-state index contributed by atoms with van der Waals surface area (Å²) in [6.45, 7) is 11.0. The molecule has 5 heteroatoms. The van der Waals surface area contributed by atoms with Gasteiger partial charge in [0.15, 0.2) is 0 Å². The van der Waals surface area contributed by atoms with E-state index in [2.05, 4.69) is 50.9 Å². The quantitative estimate of drug-likeness (QED) is 0.593. The SMILES string of the molecule is Cc1cc2c(cc1/C=C(/C#N)C(=O)N1CCOCC1)[C@H](C)CC(C)(C)N2C. The Morgan fingerprint density at radius 1 is 1.33 bits per heavy atom. The Hall–Kier alpha value is -2.32. The Morgan fingerprint density at radius 3 is 2.63 bits per heavy atom. The maximum absolute atomic E-state index is 12.7. The van der Waals surface area contributed by atoms with Gasteiger partial charge in [0.1, 0.15) is 11.6 Å². The van der Waals surface area contributed by atoms with Gasteiger partial charge in [-0.1, -0.05) is 6.92 Å². The van der Waals surface area contributed by atoms with Crippen molar-refractivity contribution in [2.75, 3.05) is 38.3 Å². The molecule has 1 fully saturated rings.